The van der Waals surface area contributed by atoms with Gasteiger partial charge in [0.1, 0.15) is 0 Å². The van der Waals surface area contributed by atoms with E-state index in [0.29, 0.717) is 23.0 Å². The highest BCUT2D eigenvalue weighted by Gasteiger charge is 2.20. The van der Waals surface area contributed by atoms with E-state index in [1.54, 1.807) is 35.6 Å². The van der Waals surface area contributed by atoms with Crippen molar-refractivity contribution in [1.29, 1.82) is 0 Å². The average molecular weight is 426 g/mol. The highest BCUT2D eigenvalue weighted by Crippen LogP contribution is 2.23. The van der Waals surface area contributed by atoms with Crippen molar-refractivity contribution in [2.45, 2.75) is 36.1 Å². The van der Waals surface area contributed by atoms with E-state index < -0.39 is 0 Å². The van der Waals surface area contributed by atoms with Crippen LogP contribution in [0.5, 0.6) is 0 Å². The fourth-order valence-electron chi connectivity index (χ4n) is 2.92. The van der Waals surface area contributed by atoms with Crippen LogP contribution in [0.1, 0.15) is 30.1 Å². The molecule has 27 heavy (non-hydrogen) atoms. The van der Waals surface area contributed by atoms with Gasteiger partial charge in [0.2, 0.25) is 5.91 Å². The summed E-state index contributed by atoms with van der Waals surface area (Å²) >= 11 is 3.14. The van der Waals surface area contributed by atoms with Crippen LogP contribution in [0.25, 0.3) is 0 Å². The van der Waals surface area contributed by atoms with Crippen molar-refractivity contribution in [3.05, 3.63) is 47.3 Å². The van der Waals surface area contributed by atoms with Gasteiger partial charge in [-0.15, -0.1) is 35.5 Å². The lowest BCUT2D eigenvalue weighted by molar-refractivity contribution is -0.113. The van der Waals surface area contributed by atoms with Crippen molar-refractivity contribution in [1.82, 2.24) is 10.6 Å². The Balaban J connectivity index is 0.00000261. The van der Waals surface area contributed by atoms with E-state index in [1.165, 1.54) is 11.8 Å². The van der Waals surface area contributed by atoms with Crippen molar-refractivity contribution >= 4 is 53.0 Å². The summed E-state index contributed by atoms with van der Waals surface area (Å²) in [6, 6.07) is 11.7. The number of thiophene rings is 1. The predicted molar refractivity (Wildman–Crippen MR) is 115 cm³/mol. The van der Waals surface area contributed by atoms with Crippen molar-refractivity contribution in [2.24, 2.45) is 0 Å². The minimum Gasteiger partial charge on any atom is -0.349 e. The number of amides is 2. The second-order valence-electron chi connectivity index (χ2n) is 6.40. The van der Waals surface area contributed by atoms with Crippen LogP contribution in [-0.4, -0.2) is 36.2 Å². The molecule has 8 heteroatoms. The molecule has 2 atom stereocenters. The van der Waals surface area contributed by atoms with Crippen LogP contribution in [0.3, 0.4) is 0 Å². The molecule has 5 nitrogen and oxygen atoms in total. The van der Waals surface area contributed by atoms with Gasteiger partial charge in [0.05, 0.1) is 9.96 Å². The van der Waals surface area contributed by atoms with Gasteiger partial charge in [0.15, 0.2) is 0 Å². The molecule has 1 aliphatic rings. The van der Waals surface area contributed by atoms with Gasteiger partial charge in [-0.3, -0.25) is 9.59 Å². The summed E-state index contributed by atoms with van der Waals surface area (Å²) in [4.78, 5) is 24.4. The SMILES string of the molecule is CC1CC(NC(=O)c2ccc(NC(=O)CSc3cccs3)cc2)CCN1.Cl. The third-order valence-corrected chi connectivity index (χ3v) is 6.36. The fraction of sp³-hybridized carbons (Fsp3) is 0.368. The second kappa shape index (κ2) is 10.7. The van der Waals surface area contributed by atoms with Gasteiger partial charge in [-0.25, -0.2) is 0 Å². The summed E-state index contributed by atoms with van der Waals surface area (Å²) in [7, 11) is 0. The molecule has 0 aliphatic carbocycles. The van der Waals surface area contributed by atoms with Crippen molar-refractivity contribution in [3.8, 4) is 0 Å². The first-order valence-corrected chi connectivity index (χ1v) is 10.6. The number of hydrogen-bond donors (Lipinski definition) is 3. The van der Waals surface area contributed by atoms with Crippen LogP contribution in [0, 0.1) is 0 Å². The summed E-state index contributed by atoms with van der Waals surface area (Å²) in [6.45, 7) is 3.06. The van der Waals surface area contributed by atoms with Crippen molar-refractivity contribution < 1.29 is 9.59 Å². The Hall–Kier alpha value is -1.54. The topological polar surface area (TPSA) is 70.2 Å². The molecule has 3 rings (SSSR count). The van der Waals surface area contributed by atoms with Crippen molar-refractivity contribution in [2.75, 3.05) is 17.6 Å². The molecule has 1 aromatic heterocycles. The molecule has 1 fully saturated rings. The molecule has 3 N–H and O–H groups in total. The van der Waals surface area contributed by atoms with E-state index in [0.717, 1.165) is 23.6 Å². The van der Waals surface area contributed by atoms with Gasteiger partial charge < -0.3 is 16.0 Å². The van der Waals surface area contributed by atoms with E-state index in [1.807, 2.05) is 17.5 Å². The third-order valence-electron chi connectivity index (χ3n) is 4.23. The Labute approximate surface area is 174 Å². The minimum absolute atomic E-state index is 0. The number of halogens is 1. The van der Waals surface area contributed by atoms with Crippen LogP contribution >= 0.6 is 35.5 Å². The predicted octanol–water partition coefficient (Wildman–Crippen LogP) is 3.77. The number of nitrogens with one attached hydrogen (secondary N) is 3. The number of benzene rings is 1. The molecule has 2 unspecified atom stereocenters. The lowest BCUT2D eigenvalue weighted by atomic mass is 10.0. The number of piperidine rings is 1. The summed E-state index contributed by atoms with van der Waals surface area (Å²) in [5, 5.41) is 11.3. The first kappa shape index (κ1) is 21.8. The number of carbonyl (C=O) groups excluding carboxylic acids is 2. The Morgan fingerprint density at radius 1 is 1.26 bits per heavy atom. The maximum absolute atomic E-state index is 12.4. The van der Waals surface area contributed by atoms with Gasteiger partial charge in [-0.2, -0.15) is 0 Å². The summed E-state index contributed by atoms with van der Waals surface area (Å²) in [6.07, 6.45) is 1.90. The molecule has 2 aromatic rings. The van der Waals surface area contributed by atoms with E-state index in [4.69, 9.17) is 0 Å². The van der Waals surface area contributed by atoms with E-state index in [9.17, 15) is 9.59 Å². The molecule has 0 saturated carbocycles. The quantitative estimate of drug-likeness (QED) is 0.616. The Bertz CT molecular complexity index is 738. The standard InChI is InChI=1S/C19H23N3O2S2.ClH/c1-13-11-16(8-9-20-13)22-19(24)14-4-6-15(7-5-14)21-17(23)12-26-18-3-2-10-25-18;/h2-7,10,13,16,20H,8-9,11-12H2,1H3,(H,21,23)(H,22,24);1H. The number of carbonyl (C=O) groups is 2. The molecule has 2 amide bonds. The van der Waals surface area contributed by atoms with E-state index in [-0.39, 0.29) is 30.3 Å². The molecular weight excluding hydrogens is 402 g/mol. The second-order valence-corrected chi connectivity index (χ2v) is 8.62. The number of rotatable bonds is 6. The molecule has 2 heterocycles. The van der Waals surface area contributed by atoms with Crippen molar-refractivity contribution in [3.63, 3.8) is 0 Å². The third kappa shape index (κ3) is 6.84. The van der Waals surface area contributed by atoms with Crippen LogP contribution in [0.15, 0.2) is 46.0 Å². The lowest BCUT2D eigenvalue weighted by Gasteiger charge is -2.28. The molecule has 0 radical (unpaired) electrons. The minimum atomic E-state index is -0.0600. The zero-order chi connectivity index (χ0) is 18.4. The van der Waals surface area contributed by atoms with Gasteiger partial charge >= 0.3 is 0 Å². The Morgan fingerprint density at radius 2 is 2.04 bits per heavy atom. The van der Waals surface area contributed by atoms with Crippen LogP contribution in [-0.2, 0) is 4.79 Å². The molecule has 1 aliphatic heterocycles. The first-order valence-electron chi connectivity index (χ1n) is 8.70. The molecule has 146 valence electrons. The fourth-order valence-corrected chi connectivity index (χ4v) is 4.50. The molecule has 1 saturated heterocycles. The first-order chi connectivity index (χ1) is 12.6. The zero-order valence-electron chi connectivity index (χ0n) is 15.1. The zero-order valence-corrected chi connectivity index (χ0v) is 17.5. The van der Waals surface area contributed by atoms with E-state index in [2.05, 4.69) is 22.9 Å². The Kier molecular flexibility index (Phi) is 8.63. The maximum Gasteiger partial charge on any atom is 0.251 e. The van der Waals surface area contributed by atoms with Gasteiger partial charge in [0.25, 0.3) is 5.91 Å². The van der Waals surface area contributed by atoms with Crippen LogP contribution in [0.2, 0.25) is 0 Å². The lowest BCUT2D eigenvalue weighted by Crippen LogP contribution is -2.46. The molecule has 0 bridgehead atoms. The largest absolute Gasteiger partial charge is 0.349 e. The molecular formula is C19H24ClN3O2S2. The van der Waals surface area contributed by atoms with Gasteiger partial charge in [-0.05, 0) is 62.0 Å². The Morgan fingerprint density at radius 3 is 2.70 bits per heavy atom. The number of hydrogen-bond acceptors (Lipinski definition) is 5. The summed E-state index contributed by atoms with van der Waals surface area (Å²) in [5.41, 5.74) is 1.32. The van der Waals surface area contributed by atoms with Gasteiger partial charge in [-0.1, -0.05) is 6.07 Å². The monoisotopic (exact) mass is 425 g/mol. The molecule has 0 spiro atoms. The maximum atomic E-state index is 12.4. The van der Waals surface area contributed by atoms with E-state index >= 15 is 0 Å². The number of anilines is 1. The van der Waals surface area contributed by atoms with Gasteiger partial charge in [0, 0.05) is 23.3 Å². The average Bonchev–Trinajstić information content (AvgIpc) is 3.14. The highest BCUT2D eigenvalue weighted by molar-refractivity contribution is 8.01. The number of thioether (sulfide) groups is 1. The smallest absolute Gasteiger partial charge is 0.251 e. The normalized spacial score (nSPS) is 19.0. The highest BCUT2D eigenvalue weighted by atomic mass is 35.5. The molecule has 1 aromatic carbocycles. The summed E-state index contributed by atoms with van der Waals surface area (Å²) < 4.78 is 1.12. The van der Waals surface area contributed by atoms with Crippen LogP contribution in [0.4, 0.5) is 5.69 Å². The van der Waals surface area contributed by atoms with Crippen LogP contribution < -0.4 is 16.0 Å². The summed E-state index contributed by atoms with van der Waals surface area (Å²) in [5.74, 6) is 0.260.